The smallest absolute Gasteiger partial charge is 0.350 e. The van der Waals surface area contributed by atoms with Crippen molar-refractivity contribution >= 4 is 17.5 Å². The lowest BCUT2D eigenvalue weighted by atomic mass is 10.2. The van der Waals surface area contributed by atoms with E-state index in [0.29, 0.717) is 29.6 Å². The van der Waals surface area contributed by atoms with Crippen LogP contribution in [0.4, 0.5) is 0 Å². The second-order valence-corrected chi connectivity index (χ2v) is 7.01. The molecule has 6 nitrogen and oxygen atoms in total. The molecule has 2 aromatic carbocycles. The van der Waals surface area contributed by atoms with Gasteiger partial charge in [-0.3, -0.25) is 4.79 Å². The van der Waals surface area contributed by atoms with E-state index in [1.54, 1.807) is 28.8 Å². The quantitative estimate of drug-likeness (QED) is 0.712. The number of aromatic nitrogens is 3. The molecule has 27 heavy (non-hydrogen) atoms. The molecule has 1 aromatic heterocycles. The van der Waals surface area contributed by atoms with Gasteiger partial charge in [0.15, 0.2) is 0 Å². The summed E-state index contributed by atoms with van der Waals surface area (Å²) in [4.78, 5) is 25.0. The maximum atomic E-state index is 12.8. The van der Waals surface area contributed by atoms with Crippen LogP contribution in [0.15, 0.2) is 59.4 Å². The largest absolute Gasteiger partial charge is 0.350 e. The fourth-order valence-electron chi connectivity index (χ4n) is 2.97. The zero-order chi connectivity index (χ0) is 18.8. The Labute approximate surface area is 161 Å². The van der Waals surface area contributed by atoms with Gasteiger partial charge >= 0.3 is 5.69 Å². The molecule has 0 saturated heterocycles. The monoisotopic (exact) mass is 382 g/mol. The van der Waals surface area contributed by atoms with Crippen LogP contribution in [0.25, 0.3) is 5.69 Å². The molecule has 0 aliphatic heterocycles. The van der Waals surface area contributed by atoms with E-state index in [4.69, 9.17) is 11.6 Å². The van der Waals surface area contributed by atoms with E-state index >= 15 is 0 Å². The summed E-state index contributed by atoms with van der Waals surface area (Å²) >= 11 is 5.84. The van der Waals surface area contributed by atoms with Gasteiger partial charge < -0.3 is 5.32 Å². The van der Waals surface area contributed by atoms with Crippen molar-refractivity contribution in [3.63, 3.8) is 0 Å². The predicted molar refractivity (Wildman–Crippen MR) is 104 cm³/mol. The summed E-state index contributed by atoms with van der Waals surface area (Å²) in [7, 11) is 0. The van der Waals surface area contributed by atoms with Gasteiger partial charge in [0.1, 0.15) is 5.82 Å². The Balaban J connectivity index is 1.49. The van der Waals surface area contributed by atoms with Gasteiger partial charge in [-0.25, -0.2) is 14.0 Å². The number of halogens is 1. The summed E-state index contributed by atoms with van der Waals surface area (Å²) in [5.41, 5.74) is 1.17. The highest BCUT2D eigenvalue weighted by Gasteiger charge is 2.31. The minimum Gasteiger partial charge on any atom is -0.350 e. The first-order chi connectivity index (χ1) is 13.1. The average molecular weight is 383 g/mol. The number of carbonyl (C=O) groups is 1. The second kappa shape index (κ2) is 7.40. The van der Waals surface area contributed by atoms with Gasteiger partial charge in [0, 0.05) is 23.0 Å². The van der Waals surface area contributed by atoms with Crippen LogP contribution in [-0.4, -0.2) is 26.8 Å². The van der Waals surface area contributed by atoms with Gasteiger partial charge in [-0.2, -0.15) is 5.10 Å². The highest BCUT2D eigenvalue weighted by atomic mass is 35.5. The van der Waals surface area contributed by atoms with Crippen LogP contribution in [0, 0.1) is 0 Å². The lowest BCUT2D eigenvalue weighted by Crippen LogP contribution is -2.32. The maximum absolute atomic E-state index is 12.8. The number of carbonyl (C=O) groups excluding carboxylic acids is 1. The standard InChI is InChI=1S/C20H19ClN4O2/c21-16-10-8-15(9-11-16)19(26)22-12-13-24-20(27)25(17-4-2-1-3-5-17)18(23-24)14-6-7-14/h1-5,8-11,14H,6-7,12-13H2,(H,22,26). The molecule has 0 unspecified atom stereocenters. The van der Waals surface area contributed by atoms with Crippen LogP contribution >= 0.6 is 11.6 Å². The van der Waals surface area contributed by atoms with Crippen LogP contribution in [0.2, 0.25) is 5.02 Å². The number of benzene rings is 2. The van der Waals surface area contributed by atoms with Crippen LogP contribution in [0.5, 0.6) is 0 Å². The first-order valence-corrected chi connectivity index (χ1v) is 9.30. The molecule has 1 N–H and O–H groups in total. The Morgan fingerprint density at radius 1 is 1.11 bits per heavy atom. The van der Waals surface area contributed by atoms with E-state index in [0.717, 1.165) is 24.4 Å². The van der Waals surface area contributed by atoms with Gasteiger partial charge in [0.05, 0.1) is 12.2 Å². The molecule has 0 spiro atoms. The second-order valence-electron chi connectivity index (χ2n) is 6.57. The van der Waals surface area contributed by atoms with Crippen molar-refractivity contribution in [2.24, 2.45) is 0 Å². The van der Waals surface area contributed by atoms with Crippen LogP contribution in [0.1, 0.15) is 34.9 Å². The average Bonchev–Trinajstić information content (AvgIpc) is 3.48. The van der Waals surface area contributed by atoms with Crippen molar-refractivity contribution in [3.8, 4) is 5.69 Å². The van der Waals surface area contributed by atoms with Gasteiger partial charge in [0.25, 0.3) is 5.91 Å². The first kappa shape index (κ1) is 17.5. The third kappa shape index (κ3) is 3.80. The van der Waals surface area contributed by atoms with Crippen LogP contribution in [0.3, 0.4) is 0 Å². The zero-order valence-corrected chi connectivity index (χ0v) is 15.4. The molecule has 0 atom stereocenters. The highest BCUT2D eigenvalue weighted by Crippen LogP contribution is 2.39. The number of amides is 1. The van der Waals surface area contributed by atoms with Crippen molar-refractivity contribution in [1.29, 1.82) is 0 Å². The number of nitrogens with one attached hydrogen (secondary N) is 1. The number of rotatable bonds is 6. The SMILES string of the molecule is O=C(NCCn1nc(C2CC2)n(-c2ccccc2)c1=O)c1ccc(Cl)cc1. The molecular weight excluding hydrogens is 364 g/mol. The molecule has 1 heterocycles. The topological polar surface area (TPSA) is 68.9 Å². The molecule has 138 valence electrons. The van der Waals surface area contributed by atoms with E-state index < -0.39 is 0 Å². The summed E-state index contributed by atoms with van der Waals surface area (Å²) in [5.74, 6) is 0.933. The molecule has 0 radical (unpaired) electrons. The normalized spacial score (nSPS) is 13.5. The summed E-state index contributed by atoms with van der Waals surface area (Å²) in [6.07, 6.45) is 2.10. The molecule has 3 aromatic rings. The summed E-state index contributed by atoms with van der Waals surface area (Å²) < 4.78 is 3.11. The van der Waals surface area contributed by atoms with Crippen molar-refractivity contribution in [3.05, 3.63) is 81.5 Å². The number of nitrogens with zero attached hydrogens (tertiary/aromatic N) is 3. The molecule has 1 saturated carbocycles. The molecule has 0 bridgehead atoms. The zero-order valence-electron chi connectivity index (χ0n) is 14.6. The Morgan fingerprint density at radius 3 is 2.48 bits per heavy atom. The van der Waals surface area contributed by atoms with Gasteiger partial charge in [-0.1, -0.05) is 29.8 Å². The lowest BCUT2D eigenvalue weighted by Gasteiger charge is -2.05. The van der Waals surface area contributed by atoms with E-state index in [1.807, 2.05) is 30.3 Å². The molecule has 7 heteroatoms. The van der Waals surface area contributed by atoms with Crippen LogP contribution in [-0.2, 0) is 6.54 Å². The number of hydrogen-bond donors (Lipinski definition) is 1. The van der Waals surface area contributed by atoms with Gasteiger partial charge in [-0.05, 0) is 49.2 Å². The molecule has 1 aliphatic carbocycles. The molecule has 4 rings (SSSR count). The van der Waals surface area contributed by atoms with Crippen molar-refractivity contribution in [1.82, 2.24) is 19.7 Å². The summed E-state index contributed by atoms with van der Waals surface area (Å²) in [6.45, 7) is 0.634. The third-order valence-corrected chi connectivity index (χ3v) is 4.79. The third-order valence-electron chi connectivity index (χ3n) is 4.54. The van der Waals surface area contributed by atoms with E-state index in [2.05, 4.69) is 10.4 Å². The summed E-state index contributed by atoms with van der Waals surface area (Å²) in [6, 6.07) is 16.2. The molecule has 1 amide bonds. The van der Waals surface area contributed by atoms with Gasteiger partial charge in [0.2, 0.25) is 0 Å². The maximum Gasteiger partial charge on any atom is 0.350 e. The molecule has 1 fully saturated rings. The van der Waals surface area contributed by atoms with E-state index in [1.165, 1.54) is 4.68 Å². The summed E-state index contributed by atoms with van der Waals surface area (Å²) in [5, 5.41) is 7.92. The van der Waals surface area contributed by atoms with Gasteiger partial charge in [-0.15, -0.1) is 0 Å². The van der Waals surface area contributed by atoms with Crippen LogP contribution < -0.4 is 11.0 Å². The molecule has 1 aliphatic rings. The fourth-order valence-corrected chi connectivity index (χ4v) is 3.10. The first-order valence-electron chi connectivity index (χ1n) is 8.92. The highest BCUT2D eigenvalue weighted by molar-refractivity contribution is 6.30. The Hall–Kier alpha value is -2.86. The Kier molecular flexibility index (Phi) is 4.81. The number of para-hydroxylation sites is 1. The Bertz CT molecular complexity index is 1000. The van der Waals surface area contributed by atoms with E-state index in [9.17, 15) is 9.59 Å². The Morgan fingerprint density at radius 2 is 1.81 bits per heavy atom. The van der Waals surface area contributed by atoms with Crippen molar-refractivity contribution < 1.29 is 4.79 Å². The number of hydrogen-bond acceptors (Lipinski definition) is 3. The predicted octanol–water partition coefficient (Wildman–Crippen LogP) is 2.99. The molecular formula is C20H19ClN4O2. The van der Waals surface area contributed by atoms with E-state index in [-0.39, 0.29) is 11.6 Å². The van der Waals surface area contributed by atoms with Crippen molar-refractivity contribution in [2.45, 2.75) is 25.3 Å². The fraction of sp³-hybridized carbons (Fsp3) is 0.250. The lowest BCUT2D eigenvalue weighted by molar-refractivity contribution is 0.0952. The van der Waals surface area contributed by atoms with Crippen molar-refractivity contribution in [2.75, 3.05) is 6.54 Å². The minimum absolute atomic E-state index is 0.177. The minimum atomic E-state index is -0.204.